The van der Waals surface area contributed by atoms with Crippen molar-refractivity contribution in [2.45, 2.75) is 78.6 Å². The normalized spacial score (nSPS) is 14.2. The maximum Gasteiger partial charge on any atom is 0.198 e. The minimum atomic E-state index is -0.117. The molecule has 0 saturated carbocycles. The number of nitrogens with one attached hydrogen (secondary N) is 1. The number of aryl methyl sites for hydroxylation is 1. The molecule has 1 aliphatic heterocycles. The van der Waals surface area contributed by atoms with Crippen molar-refractivity contribution >= 4 is 105 Å². The average Bonchev–Trinajstić information content (AvgIpc) is 3.99. The van der Waals surface area contributed by atoms with Crippen LogP contribution in [-0.4, -0.2) is 11.8 Å². The summed E-state index contributed by atoms with van der Waals surface area (Å²) in [6, 6.07) is 50.9. The highest BCUT2D eigenvalue weighted by atomic mass is 32.1. The van der Waals surface area contributed by atoms with Gasteiger partial charge < -0.3 is 14.3 Å². The number of para-hydroxylation sites is 1. The molecule has 8 aromatic carbocycles. The highest BCUT2D eigenvalue weighted by molar-refractivity contribution is 7.25. The highest BCUT2D eigenvalue weighted by Crippen LogP contribution is 2.51. The summed E-state index contributed by atoms with van der Waals surface area (Å²) >= 11 is 1.91. The minimum absolute atomic E-state index is 0.0518. The van der Waals surface area contributed by atoms with E-state index in [1.165, 1.54) is 109 Å². The molecule has 316 valence electrons. The van der Waals surface area contributed by atoms with Gasteiger partial charge in [-0.05, 0) is 128 Å². The number of aromatic nitrogens is 1. The molecule has 3 aromatic heterocycles. The zero-order valence-electron chi connectivity index (χ0n) is 38.7. The van der Waals surface area contributed by atoms with Crippen LogP contribution in [0.4, 0.5) is 11.4 Å². The molecule has 0 bridgehead atoms. The summed E-state index contributed by atoms with van der Waals surface area (Å²) < 4.78 is 11.8. The van der Waals surface area contributed by atoms with Crippen molar-refractivity contribution in [2.24, 2.45) is 0 Å². The van der Waals surface area contributed by atoms with E-state index in [4.69, 9.17) is 4.42 Å². The number of nitrogens with zero attached hydrogens (tertiary/aromatic N) is 1. The van der Waals surface area contributed by atoms with Crippen molar-refractivity contribution in [3.05, 3.63) is 161 Å². The van der Waals surface area contributed by atoms with Crippen LogP contribution in [0.1, 0.15) is 83.2 Å². The molecule has 0 fully saturated rings. The Kier molecular flexibility index (Phi) is 7.80. The predicted octanol–water partition coefficient (Wildman–Crippen LogP) is 15.4. The summed E-state index contributed by atoms with van der Waals surface area (Å²) in [6.45, 7) is 20.9. The Balaban J connectivity index is 1.12. The Morgan fingerprint density at radius 3 is 2.12 bits per heavy atom. The van der Waals surface area contributed by atoms with E-state index < -0.39 is 0 Å². The van der Waals surface area contributed by atoms with E-state index in [0.29, 0.717) is 0 Å². The second-order valence-electron chi connectivity index (χ2n) is 21.5. The van der Waals surface area contributed by atoms with Gasteiger partial charge in [-0.1, -0.05) is 134 Å². The van der Waals surface area contributed by atoms with Gasteiger partial charge in [-0.15, -0.1) is 11.3 Å². The standard InChI is InChI=1S/C60H51BN2OS/c1-32-24-43(39-30-54-42(41-25-34(59(5,6)7)20-23-53(41)65-54)27-48(39)62-35-21-18-33(19-22-35)58(2,3)4)56-57-55(32)44-29-52-40(37-15-11-13-17-51(37)64-52)28-49(44)63(57)50-31-46-38(26-47(50)61-56)36-14-10-12-16-45(36)60(46,8)9/h10-31,61-62H,1-9H3. The van der Waals surface area contributed by atoms with Crippen LogP contribution in [0.5, 0.6) is 0 Å². The second-order valence-corrected chi connectivity index (χ2v) is 22.6. The topological polar surface area (TPSA) is 30.1 Å². The van der Waals surface area contributed by atoms with Crippen molar-refractivity contribution in [3.8, 4) is 27.9 Å². The summed E-state index contributed by atoms with van der Waals surface area (Å²) in [6.07, 6.45) is 0. The molecule has 0 radical (unpaired) electrons. The SMILES string of the molecule is Cc1cc(-c2cc3sc4ccc(C(C)(C)C)cc4c3cc2Nc2ccc(C(C)(C)C)cc2)c2c3c1c1cc4oc5ccccc5c4cc1n3-c1cc3c(cc1B2)-c1ccccc1C3(C)C. The number of anilines is 2. The Labute approximate surface area is 385 Å². The number of hydrogen-bond donors (Lipinski definition) is 1. The maximum atomic E-state index is 6.60. The van der Waals surface area contributed by atoms with Crippen LogP contribution in [0.3, 0.4) is 0 Å². The summed E-state index contributed by atoms with van der Waals surface area (Å²) in [5, 5.41) is 11.5. The Bertz CT molecular complexity index is 3880. The monoisotopic (exact) mass is 858 g/mol. The van der Waals surface area contributed by atoms with E-state index in [1.54, 1.807) is 0 Å². The number of thiophene rings is 1. The first-order valence-electron chi connectivity index (χ1n) is 23.2. The van der Waals surface area contributed by atoms with Gasteiger partial charge in [0, 0.05) is 75.3 Å². The predicted molar refractivity (Wildman–Crippen MR) is 282 cm³/mol. The van der Waals surface area contributed by atoms with Crippen molar-refractivity contribution in [1.82, 2.24) is 4.57 Å². The van der Waals surface area contributed by atoms with Crippen LogP contribution >= 0.6 is 11.3 Å². The van der Waals surface area contributed by atoms with E-state index in [-0.39, 0.29) is 16.2 Å². The Morgan fingerprint density at radius 1 is 0.585 bits per heavy atom. The number of rotatable bonds is 3. The fourth-order valence-electron chi connectivity index (χ4n) is 11.5. The van der Waals surface area contributed by atoms with Crippen LogP contribution in [-0.2, 0) is 16.2 Å². The minimum Gasteiger partial charge on any atom is -0.456 e. The fraction of sp³-hybridized carbons (Fsp3) is 0.200. The molecule has 2 aliphatic rings. The summed E-state index contributed by atoms with van der Waals surface area (Å²) in [5.41, 5.74) is 22.6. The van der Waals surface area contributed by atoms with Gasteiger partial charge in [0.15, 0.2) is 7.28 Å². The molecule has 1 N–H and O–H groups in total. The summed E-state index contributed by atoms with van der Waals surface area (Å²) in [5.74, 6) is 0. The lowest BCUT2D eigenvalue weighted by atomic mass is 9.58. The molecule has 1 aliphatic carbocycles. The molecule has 3 nitrogen and oxygen atoms in total. The van der Waals surface area contributed by atoms with Gasteiger partial charge in [-0.2, -0.15) is 0 Å². The van der Waals surface area contributed by atoms with Gasteiger partial charge in [0.25, 0.3) is 0 Å². The lowest BCUT2D eigenvalue weighted by Gasteiger charge is -2.27. The molecule has 4 heterocycles. The van der Waals surface area contributed by atoms with Crippen LogP contribution in [0, 0.1) is 6.92 Å². The third-order valence-electron chi connectivity index (χ3n) is 15.0. The van der Waals surface area contributed by atoms with Gasteiger partial charge in [0.1, 0.15) is 11.2 Å². The van der Waals surface area contributed by atoms with Crippen molar-refractivity contribution in [2.75, 3.05) is 5.32 Å². The third-order valence-corrected chi connectivity index (χ3v) is 16.2. The summed E-state index contributed by atoms with van der Waals surface area (Å²) in [4.78, 5) is 0. The average molecular weight is 859 g/mol. The van der Waals surface area contributed by atoms with E-state index in [2.05, 4.69) is 206 Å². The van der Waals surface area contributed by atoms with Gasteiger partial charge in [-0.25, -0.2) is 0 Å². The molecular formula is C60H51BN2OS. The first-order valence-corrected chi connectivity index (χ1v) is 24.0. The molecule has 0 unspecified atom stereocenters. The lowest BCUT2D eigenvalue weighted by Crippen LogP contribution is -2.38. The molecule has 0 saturated heterocycles. The summed E-state index contributed by atoms with van der Waals surface area (Å²) in [7, 11) is 0.825. The maximum absolute atomic E-state index is 6.60. The zero-order valence-corrected chi connectivity index (χ0v) is 39.5. The van der Waals surface area contributed by atoms with Crippen molar-refractivity contribution in [3.63, 3.8) is 0 Å². The molecule has 5 heteroatoms. The highest BCUT2D eigenvalue weighted by Gasteiger charge is 2.38. The number of fused-ring (bicyclic) bond motifs is 14. The molecule has 0 spiro atoms. The number of benzene rings is 8. The smallest absolute Gasteiger partial charge is 0.198 e. The van der Waals surface area contributed by atoms with Crippen LogP contribution in [0.15, 0.2) is 138 Å². The van der Waals surface area contributed by atoms with E-state index in [9.17, 15) is 0 Å². The molecule has 0 amide bonds. The quantitative estimate of drug-likeness (QED) is 0.179. The largest absolute Gasteiger partial charge is 0.456 e. The fourth-order valence-corrected chi connectivity index (χ4v) is 12.6. The van der Waals surface area contributed by atoms with Crippen molar-refractivity contribution < 1.29 is 4.42 Å². The van der Waals surface area contributed by atoms with Gasteiger partial charge in [-0.3, -0.25) is 0 Å². The molecule has 0 atom stereocenters. The second kappa shape index (κ2) is 13.0. The Hall–Kier alpha value is -6.56. The van der Waals surface area contributed by atoms with Crippen LogP contribution in [0.25, 0.3) is 91.9 Å². The van der Waals surface area contributed by atoms with Crippen LogP contribution in [0.2, 0.25) is 0 Å². The van der Waals surface area contributed by atoms with E-state index in [0.717, 1.165) is 40.6 Å². The van der Waals surface area contributed by atoms with Gasteiger partial charge in [0.2, 0.25) is 0 Å². The third kappa shape index (κ3) is 5.55. The van der Waals surface area contributed by atoms with Gasteiger partial charge >= 0.3 is 0 Å². The zero-order chi connectivity index (χ0) is 44.5. The Morgan fingerprint density at radius 2 is 1.32 bits per heavy atom. The van der Waals surface area contributed by atoms with Crippen molar-refractivity contribution in [1.29, 1.82) is 0 Å². The van der Waals surface area contributed by atoms with E-state index >= 15 is 0 Å². The molecule has 11 aromatic rings. The molecular weight excluding hydrogens is 808 g/mol. The number of furan rings is 1. The first kappa shape index (κ1) is 38.9. The lowest BCUT2D eigenvalue weighted by molar-refractivity contribution is 0.590. The number of hydrogen-bond acceptors (Lipinski definition) is 3. The van der Waals surface area contributed by atoms with E-state index in [1.807, 2.05) is 11.3 Å². The van der Waals surface area contributed by atoms with Gasteiger partial charge in [0.05, 0.1) is 5.52 Å². The van der Waals surface area contributed by atoms with Crippen LogP contribution < -0.4 is 16.2 Å². The molecule has 13 rings (SSSR count). The first-order chi connectivity index (χ1) is 31.1. The molecule has 65 heavy (non-hydrogen) atoms.